The lowest BCUT2D eigenvalue weighted by Gasteiger charge is -2.21. The van der Waals surface area contributed by atoms with Crippen molar-refractivity contribution in [2.75, 3.05) is 11.4 Å². The van der Waals surface area contributed by atoms with Gasteiger partial charge >= 0.3 is 0 Å². The molecule has 0 saturated carbocycles. The number of nitrogens with zero attached hydrogens (tertiary/aromatic N) is 2. The van der Waals surface area contributed by atoms with Crippen LogP contribution in [-0.4, -0.2) is 29.1 Å². The molecular weight excluding hydrogens is 302 g/mol. The van der Waals surface area contributed by atoms with Crippen molar-refractivity contribution in [3.63, 3.8) is 0 Å². The molecule has 20 heavy (non-hydrogen) atoms. The third-order valence-electron chi connectivity index (χ3n) is 2.78. The van der Waals surface area contributed by atoms with E-state index in [2.05, 4.69) is 0 Å². The first-order chi connectivity index (χ1) is 9.14. The van der Waals surface area contributed by atoms with Crippen LogP contribution in [-0.2, 0) is 20.0 Å². The molecule has 7 nitrogen and oxygen atoms in total. The molecule has 0 bridgehead atoms. The molecule has 0 radical (unpaired) electrons. The standard InChI is InChI=1S/C11H15N3O4S2/c1-3-10(8-12)20(17,18)14(2)9-4-6-11(7-5-9)19(13,15)16/h4-7,10H,3H2,1-2H3,(H2,13,15,16). The lowest BCUT2D eigenvalue weighted by atomic mass is 10.3. The molecule has 9 heteroatoms. The van der Waals surface area contributed by atoms with Crippen molar-refractivity contribution in [2.45, 2.75) is 23.5 Å². The highest BCUT2D eigenvalue weighted by atomic mass is 32.2. The lowest BCUT2D eigenvalue weighted by Crippen LogP contribution is -2.35. The summed E-state index contributed by atoms with van der Waals surface area (Å²) < 4.78 is 47.5. The van der Waals surface area contributed by atoms with Gasteiger partial charge in [0.2, 0.25) is 10.0 Å². The van der Waals surface area contributed by atoms with Crippen LogP contribution in [0.5, 0.6) is 0 Å². The number of primary sulfonamides is 1. The van der Waals surface area contributed by atoms with Crippen molar-refractivity contribution in [3.05, 3.63) is 24.3 Å². The minimum atomic E-state index is -3.83. The van der Waals surface area contributed by atoms with Crippen LogP contribution in [0.3, 0.4) is 0 Å². The highest BCUT2D eigenvalue weighted by Crippen LogP contribution is 2.21. The SMILES string of the molecule is CCC(C#N)S(=O)(=O)N(C)c1ccc(S(N)(=O)=O)cc1. The van der Waals surface area contributed by atoms with E-state index in [4.69, 9.17) is 10.4 Å². The normalized spacial score (nSPS) is 13.5. The highest BCUT2D eigenvalue weighted by molar-refractivity contribution is 7.93. The summed E-state index contributed by atoms with van der Waals surface area (Å²) in [5, 5.41) is 12.7. The van der Waals surface area contributed by atoms with E-state index in [0.717, 1.165) is 4.31 Å². The number of nitrogens with two attached hydrogens (primary N) is 1. The second-order valence-electron chi connectivity index (χ2n) is 4.08. The molecule has 1 unspecified atom stereocenters. The number of nitriles is 1. The Morgan fingerprint density at radius 1 is 1.25 bits per heavy atom. The summed E-state index contributed by atoms with van der Waals surface area (Å²) in [5.74, 6) is 0. The number of benzene rings is 1. The maximum absolute atomic E-state index is 12.1. The second-order valence-corrected chi connectivity index (χ2v) is 7.79. The van der Waals surface area contributed by atoms with Gasteiger partial charge in [0.1, 0.15) is 0 Å². The van der Waals surface area contributed by atoms with E-state index >= 15 is 0 Å². The van der Waals surface area contributed by atoms with Gasteiger partial charge in [0.15, 0.2) is 5.25 Å². The Hall–Kier alpha value is -1.63. The molecule has 0 amide bonds. The van der Waals surface area contributed by atoms with Gasteiger partial charge in [0.05, 0.1) is 16.7 Å². The molecule has 1 atom stereocenters. The molecule has 2 N–H and O–H groups in total. The van der Waals surface area contributed by atoms with Gasteiger partial charge in [0, 0.05) is 7.05 Å². The average Bonchev–Trinajstić information content (AvgIpc) is 2.38. The summed E-state index contributed by atoms with van der Waals surface area (Å²) in [5.41, 5.74) is 0.256. The maximum Gasteiger partial charge on any atom is 0.251 e. The zero-order chi connectivity index (χ0) is 15.6. The fourth-order valence-electron chi connectivity index (χ4n) is 1.55. The number of hydrogen-bond donors (Lipinski definition) is 1. The van der Waals surface area contributed by atoms with Crippen LogP contribution >= 0.6 is 0 Å². The van der Waals surface area contributed by atoms with Crippen molar-refractivity contribution in [1.29, 1.82) is 5.26 Å². The van der Waals surface area contributed by atoms with Crippen molar-refractivity contribution >= 4 is 25.7 Å². The third kappa shape index (κ3) is 3.27. The number of rotatable bonds is 5. The van der Waals surface area contributed by atoms with Crippen LogP contribution in [0.2, 0.25) is 0 Å². The largest absolute Gasteiger partial charge is 0.272 e. The molecular formula is C11H15N3O4S2. The van der Waals surface area contributed by atoms with Crippen LogP contribution < -0.4 is 9.44 Å². The van der Waals surface area contributed by atoms with E-state index in [-0.39, 0.29) is 17.0 Å². The van der Waals surface area contributed by atoms with Crippen LogP contribution in [0.1, 0.15) is 13.3 Å². The van der Waals surface area contributed by atoms with E-state index in [1.807, 2.05) is 0 Å². The Labute approximate surface area is 118 Å². The molecule has 0 aromatic heterocycles. The first kappa shape index (κ1) is 16.4. The van der Waals surface area contributed by atoms with Gasteiger partial charge in [-0.3, -0.25) is 4.31 Å². The van der Waals surface area contributed by atoms with Crippen LogP contribution in [0.25, 0.3) is 0 Å². The molecule has 0 heterocycles. The van der Waals surface area contributed by atoms with E-state index in [0.29, 0.717) is 0 Å². The zero-order valence-corrected chi connectivity index (χ0v) is 12.6. The summed E-state index contributed by atoms with van der Waals surface area (Å²) in [6.07, 6.45) is 0.165. The van der Waals surface area contributed by atoms with Gasteiger partial charge in [-0.2, -0.15) is 5.26 Å². The summed E-state index contributed by atoms with van der Waals surface area (Å²) >= 11 is 0. The first-order valence-electron chi connectivity index (χ1n) is 5.64. The Morgan fingerprint density at radius 2 is 1.75 bits per heavy atom. The summed E-state index contributed by atoms with van der Waals surface area (Å²) in [7, 11) is -6.33. The Bertz CT molecular complexity index is 718. The third-order valence-corrected chi connectivity index (χ3v) is 5.85. The average molecular weight is 317 g/mol. The fourth-order valence-corrected chi connectivity index (χ4v) is 3.42. The summed E-state index contributed by atoms with van der Waals surface area (Å²) in [4.78, 5) is -0.112. The van der Waals surface area contributed by atoms with Gasteiger partial charge < -0.3 is 0 Å². The van der Waals surface area contributed by atoms with Gasteiger partial charge in [-0.1, -0.05) is 6.92 Å². The summed E-state index contributed by atoms with van der Waals surface area (Å²) in [6, 6.07) is 6.80. The highest BCUT2D eigenvalue weighted by Gasteiger charge is 2.28. The van der Waals surface area contributed by atoms with Crippen LogP contribution in [0.4, 0.5) is 5.69 Å². The smallest absolute Gasteiger partial charge is 0.251 e. The monoisotopic (exact) mass is 317 g/mol. The predicted octanol–water partition coefficient (Wildman–Crippen LogP) is 0.402. The molecule has 0 aliphatic heterocycles. The second kappa shape index (κ2) is 5.78. The molecule has 1 rings (SSSR count). The van der Waals surface area contributed by atoms with Crippen LogP contribution in [0, 0.1) is 11.3 Å². The van der Waals surface area contributed by atoms with E-state index < -0.39 is 25.3 Å². The zero-order valence-electron chi connectivity index (χ0n) is 11.0. The van der Waals surface area contributed by atoms with Crippen molar-refractivity contribution in [1.82, 2.24) is 0 Å². The van der Waals surface area contributed by atoms with E-state index in [1.54, 1.807) is 13.0 Å². The Balaban J connectivity index is 3.17. The van der Waals surface area contributed by atoms with Crippen molar-refractivity contribution < 1.29 is 16.8 Å². The number of anilines is 1. The predicted molar refractivity (Wildman–Crippen MR) is 74.8 cm³/mol. The number of hydrogen-bond acceptors (Lipinski definition) is 5. The molecule has 0 spiro atoms. The molecule has 1 aromatic carbocycles. The fraction of sp³-hybridized carbons (Fsp3) is 0.364. The molecule has 0 aliphatic rings. The Morgan fingerprint density at radius 3 is 2.10 bits per heavy atom. The molecule has 0 aliphatic carbocycles. The van der Waals surface area contributed by atoms with Gasteiger partial charge in [0.25, 0.3) is 10.0 Å². The molecule has 1 aromatic rings. The molecule has 0 saturated heterocycles. The quantitative estimate of drug-likeness (QED) is 0.842. The first-order valence-corrected chi connectivity index (χ1v) is 8.69. The van der Waals surface area contributed by atoms with Crippen molar-refractivity contribution in [2.24, 2.45) is 5.14 Å². The Kier molecular flexibility index (Phi) is 4.75. The maximum atomic E-state index is 12.1. The molecule has 110 valence electrons. The van der Waals surface area contributed by atoms with E-state index in [1.165, 1.54) is 31.3 Å². The van der Waals surface area contributed by atoms with Gasteiger partial charge in [-0.15, -0.1) is 0 Å². The van der Waals surface area contributed by atoms with Gasteiger partial charge in [-0.25, -0.2) is 22.0 Å². The molecule has 0 fully saturated rings. The minimum absolute atomic E-state index is 0.112. The van der Waals surface area contributed by atoms with Crippen LogP contribution in [0.15, 0.2) is 29.2 Å². The van der Waals surface area contributed by atoms with Crippen molar-refractivity contribution in [3.8, 4) is 6.07 Å². The van der Waals surface area contributed by atoms with E-state index in [9.17, 15) is 16.8 Å². The topological polar surface area (TPSA) is 121 Å². The number of sulfonamides is 2. The summed E-state index contributed by atoms with van der Waals surface area (Å²) in [6.45, 7) is 1.60. The lowest BCUT2D eigenvalue weighted by molar-refractivity contribution is 0.585. The minimum Gasteiger partial charge on any atom is -0.272 e. The van der Waals surface area contributed by atoms with Gasteiger partial charge in [-0.05, 0) is 30.7 Å².